The molecule has 0 aromatic carbocycles. The number of carbonyl (C=O) groups excluding carboxylic acids is 3. The summed E-state index contributed by atoms with van der Waals surface area (Å²) in [6.07, 6.45) is -0.717. The summed E-state index contributed by atoms with van der Waals surface area (Å²) < 4.78 is 45.8. The predicted molar refractivity (Wildman–Crippen MR) is 155 cm³/mol. The number of methoxy groups -OCH3 is 1. The molecule has 1 aliphatic heterocycles. The number of nitrogens with zero attached hydrogens (tertiary/aromatic N) is 1. The van der Waals surface area contributed by atoms with Gasteiger partial charge in [0, 0.05) is 39.0 Å². The maximum atomic E-state index is 13.5. The highest BCUT2D eigenvalue weighted by atomic mass is 16.7. The summed E-state index contributed by atoms with van der Waals surface area (Å²) in [5.41, 5.74) is -0.188. The van der Waals surface area contributed by atoms with Crippen LogP contribution in [0.1, 0.15) is 59.0 Å². The zero-order valence-corrected chi connectivity index (χ0v) is 26.6. The van der Waals surface area contributed by atoms with Crippen LogP contribution in [0.2, 0.25) is 0 Å². The lowest BCUT2D eigenvalue weighted by Gasteiger charge is -2.33. The Hall–Kier alpha value is -3.00. The van der Waals surface area contributed by atoms with E-state index in [9.17, 15) is 14.4 Å². The monoisotopic (exact) mass is 612 g/mol. The average Bonchev–Trinajstić information content (AvgIpc) is 2.98. The SMILES string of the molecule is COc1ccnc(C(=O)NC2COCC(OCC(C)C)C(OCC(C)C)C(COCC(C)C)OC2=O)c1OCOC(C)=O. The summed E-state index contributed by atoms with van der Waals surface area (Å²) in [6, 6.07) is 0.275. The van der Waals surface area contributed by atoms with Crippen LogP contribution in [0.4, 0.5) is 0 Å². The normalized spacial score (nSPS) is 21.1. The van der Waals surface area contributed by atoms with Gasteiger partial charge in [-0.15, -0.1) is 0 Å². The summed E-state index contributed by atoms with van der Waals surface area (Å²) in [5.74, 6) is -1.23. The van der Waals surface area contributed by atoms with Gasteiger partial charge in [0.05, 0.1) is 26.9 Å². The van der Waals surface area contributed by atoms with Gasteiger partial charge in [-0.2, -0.15) is 0 Å². The smallest absolute Gasteiger partial charge is 0.331 e. The maximum Gasteiger partial charge on any atom is 0.331 e. The van der Waals surface area contributed by atoms with Gasteiger partial charge in [0.2, 0.25) is 6.79 Å². The van der Waals surface area contributed by atoms with Crippen molar-refractivity contribution in [3.8, 4) is 11.5 Å². The third kappa shape index (κ3) is 12.6. The van der Waals surface area contributed by atoms with Gasteiger partial charge in [-0.05, 0) is 17.8 Å². The molecule has 1 aromatic rings. The second-order valence-corrected chi connectivity index (χ2v) is 11.5. The summed E-state index contributed by atoms with van der Waals surface area (Å²) in [5, 5.41) is 2.63. The Kier molecular flexibility index (Phi) is 15.7. The fourth-order valence-electron chi connectivity index (χ4n) is 3.92. The minimum absolute atomic E-state index is 0.0645. The predicted octanol–water partition coefficient (Wildman–Crippen LogP) is 2.79. The van der Waals surface area contributed by atoms with Crippen molar-refractivity contribution in [3.63, 3.8) is 0 Å². The second kappa shape index (κ2) is 18.6. The highest BCUT2D eigenvalue weighted by Crippen LogP contribution is 2.29. The van der Waals surface area contributed by atoms with Gasteiger partial charge in [-0.25, -0.2) is 9.78 Å². The molecule has 4 atom stereocenters. The molecule has 0 spiro atoms. The first-order valence-corrected chi connectivity index (χ1v) is 14.6. The first kappa shape index (κ1) is 36.2. The van der Waals surface area contributed by atoms with Gasteiger partial charge in [0.1, 0.15) is 12.2 Å². The van der Waals surface area contributed by atoms with Crippen molar-refractivity contribution in [1.82, 2.24) is 10.3 Å². The van der Waals surface area contributed by atoms with Crippen LogP contribution in [0.25, 0.3) is 0 Å². The van der Waals surface area contributed by atoms with Crippen LogP contribution in [-0.2, 0) is 38.0 Å². The number of aromatic nitrogens is 1. The van der Waals surface area contributed by atoms with Crippen LogP contribution in [0, 0.1) is 17.8 Å². The van der Waals surface area contributed by atoms with E-state index in [0.29, 0.717) is 19.8 Å². The van der Waals surface area contributed by atoms with Crippen molar-refractivity contribution in [2.24, 2.45) is 17.8 Å². The topological polar surface area (TPSA) is 150 Å². The minimum Gasteiger partial charge on any atom is -0.493 e. The lowest BCUT2D eigenvalue weighted by Crippen LogP contribution is -2.50. The number of carbonyl (C=O) groups is 3. The van der Waals surface area contributed by atoms with E-state index in [1.54, 1.807) is 0 Å². The van der Waals surface area contributed by atoms with Crippen LogP contribution >= 0.6 is 0 Å². The van der Waals surface area contributed by atoms with Gasteiger partial charge in [-0.3, -0.25) is 9.59 Å². The quantitative estimate of drug-likeness (QED) is 0.216. The molecule has 0 bridgehead atoms. The standard InChI is InChI=1S/C30H48N2O11/c1-18(2)11-37-16-25-27(40-13-20(5)6)24(39-12-19(3)4)15-38-14-22(30(35)43-25)32-29(34)26-28(42-17-41-21(7)33)23(36-8)9-10-31-26/h9-10,18-20,22,24-25,27H,11-17H2,1-8H3,(H,32,34). The Balaban J connectivity index is 2.33. The number of amides is 1. The van der Waals surface area contributed by atoms with Gasteiger partial charge in [0.15, 0.2) is 29.3 Å². The molecular formula is C30H48N2O11. The molecule has 0 radical (unpaired) electrons. The molecule has 1 aliphatic rings. The van der Waals surface area contributed by atoms with Crippen LogP contribution in [0.3, 0.4) is 0 Å². The Morgan fingerprint density at radius 2 is 1.70 bits per heavy atom. The zero-order valence-electron chi connectivity index (χ0n) is 26.6. The minimum atomic E-state index is -1.20. The second-order valence-electron chi connectivity index (χ2n) is 11.5. The molecule has 0 aliphatic carbocycles. The molecule has 13 heteroatoms. The third-order valence-electron chi connectivity index (χ3n) is 5.92. The van der Waals surface area contributed by atoms with E-state index in [2.05, 4.69) is 10.3 Å². The van der Waals surface area contributed by atoms with E-state index >= 15 is 0 Å². The zero-order chi connectivity index (χ0) is 31.9. The molecule has 1 fully saturated rings. The number of esters is 2. The number of hydrogen-bond donors (Lipinski definition) is 1. The third-order valence-corrected chi connectivity index (χ3v) is 5.92. The number of rotatable bonds is 16. The van der Waals surface area contributed by atoms with Crippen molar-refractivity contribution in [3.05, 3.63) is 18.0 Å². The maximum absolute atomic E-state index is 13.5. The summed E-state index contributed by atoms with van der Waals surface area (Å²) in [6.45, 7) is 14.2. The molecule has 1 N–H and O–H groups in total. The average molecular weight is 613 g/mol. The Bertz CT molecular complexity index is 1020. The molecule has 1 amide bonds. The highest BCUT2D eigenvalue weighted by molar-refractivity contribution is 5.98. The largest absolute Gasteiger partial charge is 0.493 e. The van der Waals surface area contributed by atoms with Gasteiger partial charge < -0.3 is 43.2 Å². The lowest BCUT2D eigenvalue weighted by molar-refractivity contribution is -0.181. The molecule has 1 saturated heterocycles. The lowest BCUT2D eigenvalue weighted by atomic mass is 10.1. The molecule has 0 saturated carbocycles. The van der Waals surface area contributed by atoms with Crippen LogP contribution in [-0.4, -0.2) is 101 Å². The molecule has 13 nitrogen and oxygen atoms in total. The van der Waals surface area contributed by atoms with E-state index in [1.807, 2.05) is 41.5 Å². The number of pyridine rings is 1. The molecule has 1 aromatic heterocycles. The fraction of sp³-hybridized carbons (Fsp3) is 0.733. The molecular weight excluding hydrogens is 564 g/mol. The number of ether oxygens (including phenoxy) is 8. The van der Waals surface area contributed by atoms with Gasteiger partial charge in [0.25, 0.3) is 5.91 Å². The number of hydrogen-bond acceptors (Lipinski definition) is 12. The summed E-state index contributed by atoms with van der Waals surface area (Å²) in [4.78, 5) is 42.2. The molecule has 4 unspecified atom stereocenters. The van der Waals surface area contributed by atoms with Crippen LogP contribution in [0.5, 0.6) is 11.5 Å². The molecule has 2 heterocycles. The van der Waals surface area contributed by atoms with Crippen LogP contribution < -0.4 is 14.8 Å². The molecule has 244 valence electrons. The van der Waals surface area contributed by atoms with Gasteiger partial charge >= 0.3 is 11.9 Å². The van der Waals surface area contributed by atoms with E-state index < -0.39 is 49.0 Å². The van der Waals surface area contributed by atoms with Crippen molar-refractivity contribution in [2.75, 3.05) is 53.5 Å². The number of cyclic esters (lactones) is 1. The molecule has 43 heavy (non-hydrogen) atoms. The molecule has 2 rings (SSSR count). The Labute approximate surface area is 254 Å². The van der Waals surface area contributed by atoms with Crippen molar-refractivity contribution >= 4 is 17.8 Å². The van der Waals surface area contributed by atoms with E-state index in [0.717, 1.165) is 0 Å². The first-order valence-electron chi connectivity index (χ1n) is 14.6. The summed E-state index contributed by atoms with van der Waals surface area (Å²) in [7, 11) is 1.39. The van der Waals surface area contributed by atoms with Gasteiger partial charge in [-0.1, -0.05) is 41.5 Å². The summed E-state index contributed by atoms with van der Waals surface area (Å²) >= 11 is 0. The Morgan fingerprint density at radius 3 is 2.33 bits per heavy atom. The van der Waals surface area contributed by atoms with Crippen molar-refractivity contribution < 1.29 is 52.3 Å². The first-order chi connectivity index (χ1) is 20.4. The number of nitrogens with one attached hydrogen (secondary N) is 1. The highest BCUT2D eigenvalue weighted by Gasteiger charge is 2.39. The van der Waals surface area contributed by atoms with E-state index in [4.69, 9.17) is 37.9 Å². The fourth-order valence-corrected chi connectivity index (χ4v) is 3.92. The van der Waals surface area contributed by atoms with Crippen molar-refractivity contribution in [1.29, 1.82) is 0 Å². The Morgan fingerprint density at radius 1 is 1.02 bits per heavy atom. The van der Waals surface area contributed by atoms with E-state index in [-0.39, 0.29) is 54.8 Å². The van der Waals surface area contributed by atoms with Crippen LogP contribution in [0.15, 0.2) is 12.3 Å². The van der Waals surface area contributed by atoms with Crippen molar-refractivity contribution in [2.45, 2.75) is 72.8 Å². The van der Waals surface area contributed by atoms with E-state index in [1.165, 1.54) is 26.3 Å².